The summed E-state index contributed by atoms with van der Waals surface area (Å²) in [6.07, 6.45) is 4.59. The first kappa shape index (κ1) is 20.1. The first-order valence-corrected chi connectivity index (χ1v) is 11.2. The van der Waals surface area contributed by atoms with Crippen molar-refractivity contribution < 1.29 is 0 Å². The second-order valence-electron chi connectivity index (χ2n) is 8.48. The van der Waals surface area contributed by atoms with Gasteiger partial charge in [-0.1, -0.05) is 120 Å². The number of aromatic nitrogens is 1. The molecule has 4 aromatic carbocycles. The molecule has 156 valence electrons. The van der Waals surface area contributed by atoms with Crippen LogP contribution in [0.3, 0.4) is 0 Å². The SMILES string of the molecule is Cc1ccc(/C=C/C(c2ccccc2)c2c(-c3ccc(C)cc3)[nH]c3ccccc23)cc1. The largest absolute Gasteiger partial charge is 0.354 e. The summed E-state index contributed by atoms with van der Waals surface area (Å²) in [5.41, 5.74) is 9.94. The predicted octanol–water partition coefficient (Wildman–Crippen LogP) is 8.30. The maximum atomic E-state index is 3.72. The zero-order valence-corrected chi connectivity index (χ0v) is 18.5. The van der Waals surface area contributed by atoms with Crippen LogP contribution in [0.25, 0.3) is 28.2 Å². The number of para-hydroxylation sites is 1. The summed E-state index contributed by atoms with van der Waals surface area (Å²) in [6, 6.07) is 36.9. The van der Waals surface area contributed by atoms with Gasteiger partial charge in [-0.05, 0) is 42.2 Å². The monoisotopic (exact) mass is 413 g/mol. The molecule has 5 aromatic rings. The van der Waals surface area contributed by atoms with Gasteiger partial charge < -0.3 is 4.98 Å². The van der Waals surface area contributed by atoms with Gasteiger partial charge in [0, 0.05) is 16.8 Å². The highest BCUT2D eigenvalue weighted by molar-refractivity contribution is 5.92. The van der Waals surface area contributed by atoms with Gasteiger partial charge in [0.25, 0.3) is 0 Å². The van der Waals surface area contributed by atoms with E-state index in [1.807, 2.05) is 0 Å². The number of allylic oxidation sites excluding steroid dienone is 1. The smallest absolute Gasteiger partial charge is 0.0506 e. The highest BCUT2D eigenvalue weighted by atomic mass is 14.7. The Morgan fingerprint density at radius 3 is 2.00 bits per heavy atom. The molecule has 0 radical (unpaired) electrons. The third-order valence-electron chi connectivity index (χ3n) is 6.11. The Kier molecular flexibility index (Phi) is 5.47. The van der Waals surface area contributed by atoms with Gasteiger partial charge in [-0.3, -0.25) is 0 Å². The third kappa shape index (κ3) is 4.02. The lowest BCUT2D eigenvalue weighted by Gasteiger charge is -2.16. The molecule has 1 heterocycles. The zero-order chi connectivity index (χ0) is 21.9. The van der Waals surface area contributed by atoms with Crippen molar-refractivity contribution in [3.63, 3.8) is 0 Å². The van der Waals surface area contributed by atoms with Gasteiger partial charge in [-0.15, -0.1) is 0 Å². The van der Waals surface area contributed by atoms with Crippen LogP contribution >= 0.6 is 0 Å². The van der Waals surface area contributed by atoms with Crippen molar-refractivity contribution in [2.45, 2.75) is 19.8 Å². The standard InChI is InChI=1S/C31H27N/c1-22-12-16-24(17-13-22)18-21-27(25-8-4-3-5-9-25)30-28-10-6-7-11-29(28)32-31(30)26-19-14-23(2)15-20-26/h3-21,27,32H,1-2H3/b21-18+. The molecule has 0 aliphatic heterocycles. The maximum Gasteiger partial charge on any atom is 0.0506 e. The Morgan fingerprint density at radius 2 is 1.28 bits per heavy atom. The summed E-state index contributed by atoms with van der Waals surface area (Å²) in [6.45, 7) is 4.26. The molecule has 1 aromatic heterocycles. The van der Waals surface area contributed by atoms with Gasteiger partial charge in [0.15, 0.2) is 0 Å². The van der Waals surface area contributed by atoms with Crippen LogP contribution in [0.1, 0.15) is 33.7 Å². The zero-order valence-electron chi connectivity index (χ0n) is 18.5. The van der Waals surface area contributed by atoms with Crippen LogP contribution in [0.2, 0.25) is 0 Å². The van der Waals surface area contributed by atoms with E-state index in [0.717, 1.165) is 0 Å². The minimum absolute atomic E-state index is 0.130. The lowest BCUT2D eigenvalue weighted by molar-refractivity contribution is 1.05. The lowest BCUT2D eigenvalue weighted by Crippen LogP contribution is -1.99. The van der Waals surface area contributed by atoms with Gasteiger partial charge in [0.2, 0.25) is 0 Å². The molecular formula is C31H27N. The van der Waals surface area contributed by atoms with Crippen LogP contribution in [0, 0.1) is 13.8 Å². The van der Waals surface area contributed by atoms with E-state index >= 15 is 0 Å². The quantitative estimate of drug-likeness (QED) is 0.298. The number of benzene rings is 4. The van der Waals surface area contributed by atoms with Crippen LogP contribution in [0.4, 0.5) is 0 Å². The van der Waals surface area contributed by atoms with Crippen molar-refractivity contribution >= 4 is 17.0 Å². The van der Waals surface area contributed by atoms with Gasteiger partial charge in [0.1, 0.15) is 0 Å². The van der Waals surface area contributed by atoms with Gasteiger partial charge in [0.05, 0.1) is 5.69 Å². The summed E-state index contributed by atoms with van der Waals surface area (Å²) in [4.78, 5) is 3.72. The molecule has 0 aliphatic rings. The molecule has 0 fully saturated rings. The Balaban J connectivity index is 1.71. The Bertz CT molecular complexity index is 1350. The second kappa shape index (κ2) is 8.72. The summed E-state index contributed by atoms with van der Waals surface area (Å²) in [7, 11) is 0. The molecule has 1 heteroatoms. The fourth-order valence-electron chi connectivity index (χ4n) is 4.35. The first-order chi connectivity index (χ1) is 15.7. The minimum Gasteiger partial charge on any atom is -0.354 e. The Labute approximate surface area is 190 Å². The lowest BCUT2D eigenvalue weighted by atomic mass is 9.87. The Morgan fingerprint density at radius 1 is 0.656 bits per heavy atom. The fourth-order valence-corrected chi connectivity index (χ4v) is 4.35. The molecule has 5 rings (SSSR count). The van der Waals surface area contributed by atoms with Crippen molar-refractivity contribution in [2.24, 2.45) is 0 Å². The maximum absolute atomic E-state index is 3.72. The molecule has 0 spiro atoms. The highest BCUT2D eigenvalue weighted by Gasteiger charge is 2.21. The van der Waals surface area contributed by atoms with E-state index in [1.165, 1.54) is 50.0 Å². The summed E-state index contributed by atoms with van der Waals surface area (Å²) < 4.78 is 0. The summed E-state index contributed by atoms with van der Waals surface area (Å²) in [5, 5.41) is 1.27. The number of hydrogen-bond acceptors (Lipinski definition) is 0. The highest BCUT2D eigenvalue weighted by Crippen LogP contribution is 2.40. The number of aryl methyl sites for hydroxylation is 2. The predicted molar refractivity (Wildman–Crippen MR) is 137 cm³/mol. The van der Waals surface area contributed by atoms with Gasteiger partial charge in [-0.2, -0.15) is 0 Å². The second-order valence-corrected chi connectivity index (χ2v) is 8.48. The molecule has 1 N–H and O–H groups in total. The normalized spacial score (nSPS) is 12.4. The number of rotatable bonds is 5. The average molecular weight is 414 g/mol. The van der Waals surface area contributed by atoms with E-state index in [4.69, 9.17) is 0 Å². The van der Waals surface area contributed by atoms with E-state index in [0.29, 0.717) is 0 Å². The number of aromatic amines is 1. The molecule has 0 saturated carbocycles. The van der Waals surface area contributed by atoms with E-state index in [1.54, 1.807) is 0 Å². The van der Waals surface area contributed by atoms with Crippen molar-refractivity contribution in [2.75, 3.05) is 0 Å². The average Bonchev–Trinajstić information content (AvgIpc) is 3.21. The Hall–Kier alpha value is -3.84. The van der Waals surface area contributed by atoms with Crippen LogP contribution < -0.4 is 0 Å². The van der Waals surface area contributed by atoms with Crippen LogP contribution in [0.5, 0.6) is 0 Å². The fraction of sp³-hybridized carbons (Fsp3) is 0.0968. The molecule has 1 unspecified atom stereocenters. The molecule has 0 bridgehead atoms. The van der Waals surface area contributed by atoms with Crippen molar-refractivity contribution in [3.8, 4) is 11.3 Å². The summed E-state index contributed by atoms with van der Waals surface area (Å²) >= 11 is 0. The van der Waals surface area contributed by atoms with Crippen LogP contribution in [-0.4, -0.2) is 4.98 Å². The molecule has 0 amide bonds. The van der Waals surface area contributed by atoms with Gasteiger partial charge >= 0.3 is 0 Å². The first-order valence-electron chi connectivity index (χ1n) is 11.2. The molecular weight excluding hydrogens is 386 g/mol. The van der Waals surface area contributed by atoms with E-state index in [-0.39, 0.29) is 5.92 Å². The number of nitrogens with one attached hydrogen (secondary N) is 1. The van der Waals surface area contributed by atoms with E-state index < -0.39 is 0 Å². The minimum atomic E-state index is 0.130. The molecule has 0 aliphatic carbocycles. The van der Waals surface area contributed by atoms with Crippen molar-refractivity contribution in [3.05, 3.63) is 137 Å². The molecule has 1 nitrogen and oxygen atoms in total. The molecule has 32 heavy (non-hydrogen) atoms. The van der Waals surface area contributed by atoms with Crippen molar-refractivity contribution in [1.29, 1.82) is 0 Å². The number of fused-ring (bicyclic) bond motifs is 1. The molecule has 1 atom stereocenters. The number of H-pyrrole nitrogens is 1. The van der Waals surface area contributed by atoms with E-state index in [2.05, 4.69) is 134 Å². The topological polar surface area (TPSA) is 15.8 Å². The van der Waals surface area contributed by atoms with E-state index in [9.17, 15) is 0 Å². The van der Waals surface area contributed by atoms with Crippen LogP contribution in [-0.2, 0) is 0 Å². The van der Waals surface area contributed by atoms with Gasteiger partial charge in [-0.25, -0.2) is 0 Å². The number of hydrogen-bond donors (Lipinski definition) is 1. The third-order valence-corrected chi connectivity index (χ3v) is 6.11. The summed E-state index contributed by atoms with van der Waals surface area (Å²) in [5.74, 6) is 0.130. The van der Waals surface area contributed by atoms with Crippen molar-refractivity contribution in [1.82, 2.24) is 4.98 Å². The molecule has 0 saturated heterocycles. The van der Waals surface area contributed by atoms with Crippen LogP contribution in [0.15, 0.2) is 109 Å².